The topological polar surface area (TPSA) is 20.2 Å². The molecule has 3 rings (SSSR count). The number of hydrogen-bond acceptors (Lipinski definition) is 1. The van der Waals surface area contributed by atoms with Gasteiger partial charge < -0.3 is 5.11 Å². The van der Waals surface area contributed by atoms with Gasteiger partial charge in [-0.15, -0.1) is 0 Å². The summed E-state index contributed by atoms with van der Waals surface area (Å²) in [5.41, 5.74) is 1.55. The van der Waals surface area contributed by atoms with Gasteiger partial charge in [-0.05, 0) is 34.9 Å². The first-order valence-electron chi connectivity index (χ1n) is 6.70. The Kier molecular flexibility index (Phi) is 3.79. The van der Waals surface area contributed by atoms with E-state index in [9.17, 15) is 9.50 Å². The number of hydrogen-bond donors (Lipinski definition) is 1. The van der Waals surface area contributed by atoms with Crippen LogP contribution in [-0.2, 0) is 0 Å². The van der Waals surface area contributed by atoms with E-state index in [0.717, 1.165) is 15.2 Å². The van der Waals surface area contributed by atoms with E-state index in [0.29, 0.717) is 16.7 Å². The van der Waals surface area contributed by atoms with Crippen LogP contribution in [0.4, 0.5) is 4.39 Å². The van der Waals surface area contributed by atoms with Crippen molar-refractivity contribution in [3.63, 3.8) is 0 Å². The van der Waals surface area contributed by atoms with Crippen LogP contribution in [0.3, 0.4) is 0 Å². The lowest BCUT2D eigenvalue weighted by molar-refractivity contribution is 0.216. The van der Waals surface area contributed by atoms with Gasteiger partial charge >= 0.3 is 0 Å². The lowest BCUT2D eigenvalue weighted by atomic mass is 9.95. The third kappa shape index (κ3) is 2.47. The molecule has 0 aliphatic rings. The summed E-state index contributed by atoms with van der Waals surface area (Å²) in [5.74, 6) is -0.350. The summed E-state index contributed by atoms with van der Waals surface area (Å²) in [6.45, 7) is 1.70. The molecule has 0 spiro atoms. The molecule has 106 valence electrons. The van der Waals surface area contributed by atoms with Crippen LogP contribution in [-0.4, -0.2) is 5.11 Å². The fraction of sp³-hybridized carbons (Fsp3) is 0.111. The summed E-state index contributed by atoms with van der Waals surface area (Å²) >= 11 is 3.51. The van der Waals surface area contributed by atoms with E-state index in [2.05, 4.69) is 15.9 Å². The van der Waals surface area contributed by atoms with E-state index in [-0.39, 0.29) is 5.82 Å². The van der Waals surface area contributed by atoms with Gasteiger partial charge in [-0.2, -0.15) is 0 Å². The molecular weight excluding hydrogens is 331 g/mol. The van der Waals surface area contributed by atoms with Gasteiger partial charge in [0.05, 0.1) is 0 Å². The molecule has 0 aliphatic carbocycles. The molecule has 1 atom stereocenters. The van der Waals surface area contributed by atoms with E-state index < -0.39 is 6.10 Å². The van der Waals surface area contributed by atoms with Crippen molar-refractivity contribution in [3.05, 3.63) is 81.6 Å². The van der Waals surface area contributed by atoms with E-state index in [1.165, 1.54) is 0 Å². The Morgan fingerprint density at radius 2 is 1.62 bits per heavy atom. The third-order valence-corrected chi connectivity index (χ3v) is 4.41. The van der Waals surface area contributed by atoms with Crippen molar-refractivity contribution in [3.8, 4) is 0 Å². The van der Waals surface area contributed by atoms with Crippen molar-refractivity contribution in [1.82, 2.24) is 0 Å². The molecule has 3 heteroatoms. The van der Waals surface area contributed by atoms with E-state index in [1.807, 2.05) is 36.4 Å². The minimum absolute atomic E-state index is 0.308. The average Bonchev–Trinajstić information content (AvgIpc) is 2.50. The van der Waals surface area contributed by atoms with Gasteiger partial charge in [0, 0.05) is 10.0 Å². The highest BCUT2D eigenvalue weighted by atomic mass is 79.9. The van der Waals surface area contributed by atoms with Crippen LogP contribution >= 0.6 is 15.9 Å². The minimum atomic E-state index is -0.983. The van der Waals surface area contributed by atoms with Crippen molar-refractivity contribution in [1.29, 1.82) is 0 Å². The lowest BCUT2D eigenvalue weighted by Crippen LogP contribution is -2.04. The van der Waals surface area contributed by atoms with Gasteiger partial charge in [0.15, 0.2) is 0 Å². The monoisotopic (exact) mass is 344 g/mol. The first-order chi connectivity index (χ1) is 10.1. The van der Waals surface area contributed by atoms with Crippen molar-refractivity contribution < 1.29 is 9.50 Å². The molecule has 0 fully saturated rings. The van der Waals surface area contributed by atoms with Gasteiger partial charge in [0.1, 0.15) is 11.9 Å². The molecule has 1 nitrogen and oxygen atoms in total. The predicted octanol–water partition coefficient (Wildman–Crippen LogP) is 5.13. The number of fused-ring (bicyclic) bond motifs is 1. The van der Waals surface area contributed by atoms with Crippen LogP contribution in [0.25, 0.3) is 10.8 Å². The van der Waals surface area contributed by atoms with Crippen molar-refractivity contribution in [2.24, 2.45) is 0 Å². The molecule has 0 saturated heterocycles. The molecule has 0 heterocycles. The standard InChI is InChI=1S/C18H14BrFO/c1-11-5-4-8-15(17(11)20)18(21)14-9-10-16(19)13-7-3-2-6-12(13)14/h2-10,18,21H,1H3. The maximum atomic E-state index is 14.2. The SMILES string of the molecule is Cc1cccc(C(O)c2ccc(Br)c3ccccc23)c1F. The molecular formula is C18H14BrFO. The van der Waals surface area contributed by atoms with Gasteiger partial charge in [-0.3, -0.25) is 0 Å². The molecule has 1 unspecified atom stereocenters. The van der Waals surface area contributed by atoms with Crippen molar-refractivity contribution in [2.75, 3.05) is 0 Å². The van der Waals surface area contributed by atoms with Crippen molar-refractivity contribution >= 4 is 26.7 Å². The van der Waals surface area contributed by atoms with Gasteiger partial charge in [0.2, 0.25) is 0 Å². The fourth-order valence-electron chi connectivity index (χ4n) is 2.57. The second kappa shape index (κ2) is 5.58. The smallest absolute Gasteiger partial charge is 0.132 e. The Morgan fingerprint density at radius 1 is 0.905 bits per heavy atom. The van der Waals surface area contributed by atoms with Crippen LogP contribution in [0.5, 0.6) is 0 Å². The number of benzene rings is 3. The molecule has 3 aromatic rings. The van der Waals surface area contributed by atoms with E-state index >= 15 is 0 Å². The average molecular weight is 345 g/mol. The molecule has 0 bridgehead atoms. The number of rotatable bonds is 2. The zero-order valence-corrected chi connectivity index (χ0v) is 13.1. The summed E-state index contributed by atoms with van der Waals surface area (Å²) < 4.78 is 15.2. The Balaban J connectivity index is 2.21. The fourth-order valence-corrected chi connectivity index (χ4v) is 3.05. The summed E-state index contributed by atoms with van der Waals surface area (Å²) in [6.07, 6.45) is -0.983. The summed E-state index contributed by atoms with van der Waals surface area (Å²) in [7, 11) is 0. The maximum absolute atomic E-state index is 14.2. The number of aliphatic hydroxyl groups excluding tert-OH is 1. The molecule has 21 heavy (non-hydrogen) atoms. The van der Waals surface area contributed by atoms with Crippen LogP contribution in [0.2, 0.25) is 0 Å². The van der Waals surface area contributed by atoms with Gasteiger partial charge in [-0.1, -0.05) is 64.5 Å². The first-order valence-corrected chi connectivity index (χ1v) is 7.49. The zero-order valence-electron chi connectivity index (χ0n) is 11.5. The summed E-state index contributed by atoms with van der Waals surface area (Å²) in [6, 6.07) is 16.6. The Labute approximate surface area is 131 Å². The Hall–Kier alpha value is -1.71. The number of aryl methyl sites for hydroxylation is 1. The van der Waals surface area contributed by atoms with Crippen molar-refractivity contribution in [2.45, 2.75) is 13.0 Å². The van der Waals surface area contributed by atoms with E-state index in [1.54, 1.807) is 25.1 Å². The molecule has 1 N–H and O–H groups in total. The Bertz CT molecular complexity index is 813. The molecule has 3 aromatic carbocycles. The zero-order chi connectivity index (χ0) is 15.0. The van der Waals surface area contributed by atoms with Crippen LogP contribution < -0.4 is 0 Å². The molecule has 0 aliphatic heterocycles. The van der Waals surface area contributed by atoms with Crippen LogP contribution in [0, 0.1) is 12.7 Å². The van der Waals surface area contributed by atoms with Gasteiger partial charge in [-0.25, -0.2) is 4.39 Å². The first kappa shape index (κ1) is 14.2. The maximum Gasteiger partial charge on any atom is 0.132 e. The molecule has 0 amide bonds. The highest BCUT2D eigenvalue weighted by Gasteiger charge is 2.18. The molecule has 0 saturated carbocycles. The number of halogens is 2. The summed E-state index contributed by atoms with van der Waals surface area (Å²) in [4.78, 5) is 0. The van der Waals surface area contributed by atoms with E-state index in [4.69, 9.17) is 0 Å². The summed E-state index contributed by atoms with van der Waals surface area (Å²) in [5, 5.41) is 12.5. The van der Waals surface area contributed by atoms with Crippen LogP contribution in [0.15, 0.2) is 59.1 Å². The second-order valence-corrected chi connectivity index (χ2v) is 5.92. The second-order valence-electron chi connectivity index (χ2n) is 5.06. The number of aliphatic hydroxyl groups is 1. The molecule has 0 radical (unpaired) electrons. The van der Waals surface area contributed by atoms with Gasteiger partial charge in [0.25, 0.3) is 0 Å². The molecule has 0 aromatic heterocycles. The largest absolute Gasteiger partial charge is 0.384 e. The normalized spacial score (nSPS) is 12.6. The predicted molar refractivity (Wildman–Crippen MR) is 86.8 cm³/mol. The highest BCUT2D eigenvalue weighted by molar-refractivity contribution is 9.10. The highest BCUT2D eigenvalue weighted by Crippen LogP contribution is 2.34. The van der Waals surface area contributed by atoms with Crippen LogP contribution in [0.1, 0.15) is 22.8 Å². The minimum Gasteiger partial charge on any atom is -0.384 e. The lowest BCUT2D eigenvalue weighted by Gasteiger charge is -2.16. The Morgan fingerprint density at radius 3 is 2.38 bits per heavy atom. The quantitative estimate of drug-likeness (QED) is 0.683. The third-order valence-electron chi connectivity index (χ3n) is 3.72.